The molecule has 2 aromatic rings. The third kappa shape index (κ3) is 3.02. The van der Waals surface area contributed by atoms with Gasteiger partial charge in [0.1, 0.15) is 11.6 Å². The van der Waals surface area contributed by atoms with Crippen LogP contribution in [0.3, 0.4) is 0 Å². The smallest absolute Gasteiger partial charge is 0.252 e. The molecule has 5 heteroatoms. The topological polar surface area (TPSA) is 57.8 Å². The Labute approximate surface area is 122 Å². The number of nitrogens with zero attached hydrogens (tertiary/aromatic N) is 1. The van der Waals surface area contributed by atoms with Crippen LogP contribution in [0.2, 0.25) is 5.02 Å². The highest BCUT2D eigenvalue weighted by molar-refractivity contribution is 6.30. The fraction of sp³-hybridized carbons (Fsp3) is 0.333. The predicted octanol–water partition coefficient (Wildman–Crippen LogP) is 3.47. The Hall–Kier alpha value is -1.81. The van der Waals surface area contributed by atoms with Gasteiger partial charge >= 0.3 is 0 Å². The van der Waals surface area contributed by atoms with Crippen molar-refractivity contribution in [3.63, 3.8) is 0 Å². The lowest BCUT2D eigenvalue weighted by atomic mass is 10.1. The van der Waals surface area contributed by atoms with Crippen molar-refractivity contribution in [1.29, 1.82) is 0 Å². The second-order valence-corrected chi connectivity index (χ2v) is 5.65. The van der Waals surface area contributed by atoms with Crippen LogP contribution in [0.25, 0.3) is 0 Å². The van der Waals surface area contributed by atoms with Crippen LogP contribution in [-0.2, 0) is 0 Å². The van der Waals surface area contributed by atoms with Gasteiger partial charge in [0, 0.05) is 23.0 Å². The van der Waals surface area contributed by atoms with E-state index in [1.54, 1.807) is 0 Å². The van der Waals surface area contributed by atoms with Gasteiger partial charge in [0.25, 0.3) is 5.56 Å². The van der Waals surface area contributed by atoms with Crippen LogP contribution in [-0.4, -0.2) is 9.97 Å². The maximum absolute atomic E-state index is 11.7. The summed E-state index contributed by atoms with van der Waals surface area (Å²) >= 11 is 5.99. The zero-order valence-electron chi connectivity index (χ0n) is 11.2. The molecule has 1 aromatic carbocycles. The SMILES string of the molecule is CC(Nc1cc(=O)[nH]c(C2CC2)n1)c1cccc(Cl)c1. The molecular formula is C15H16ClN3O. The monoisotopic (exact) mass is 289 g/mol. The van der Waals surface area contributed by atoms with E-state index in [0.29, 0.717) is 16.8 Å². The van der Waals surface area contributed by atoms with Crippen LogP contribution >= 0.6 is 11.6 Å². The van der Waals surface area contributed by atoms with Crippen LogP contribution < -0.4 is 10.9 Å². The highest BCUT2D eigenvalue weighted by Gasteiger charge is 2.26. The van der Waals surface area contributed by atoms with Crippen molar-refractivity contribution in [3.8, 4) is 0 Å². The minimum atomic E-state index is -0.109. The number of aromatic amines is 1. The van der Waals surface area contributed by atoms with Crippen molar-refractivity contribution in [3.05, 3.63) is 57.1 Å². The van der Waals surface area contributed by atoms with Gasteiger partial charge in [-0.25, -0.2) is 4.98 Å². The number of hydrogen-bond acceptors (Lipinski definition) is 3. The average Bonchev–Trinajstić information content (AvgIpc) is 3.22. The molecule has 0 radical (unpaired) electrons. The Morgan fingerprint density at radius 3 is 2.90 bits per heavy atom. The molecule has 0 aliphatic heterocycles. The fourth-order valence-electron chi connectivity index (χ4n) is 2.18. The standard InChI is InChI=1S/C15H16ClN3O/c1-9(11-3-2-4-12(16)7-11)17-13-8-14(20)19-15(18-13)10-5-6-10/h2-4,7-10H,5-6H2,1H3,(H2,17,18,19,20). The van der Waals surface area contributed by atoms with Crippen molar-refractivity contribution in [2.75, 3.05) is 5.32 Å². The predicted molar refractivity (Wildman–Crippen MR) is 80.3 cm³/mol. The van der Waals surface area contributed by atoms with Gasteiger partial charge < -0.3 is 10.3 Å². The molecule has 0 saturated heterocycles. The van der Waals surface area contributed by atoms with E-state index in [1.165, 1.54) is 6.07 Å². The first-order chi connectivity index (χ1) is 9.61. The summed E-state index contributed by atoms with van der Waals surface area (Å²) in [5.74, 6) is 1.83. The second-order valence-electron chi connectivity index (χ2n) is 5.21. The van der Waals surface area contributed by atoms with Crippen LogP contribution in [0.5, 0.6) is 0 Å². The summed E-state index contributed by atoms with van der Waals surface area (Å²) in [7, 11) is 0. The molecule has 1 heterocycles. The molecule has 0 bridgehead atoms. The average molecular weight is 290 g/mol. The quantitative estimate of drug-likeness (QED) is 0.906. The Morgan fingerprint density at radius 1 is 1.40 bits per heavy atom. The lowest BCUT2D eigenvalue weighted by molar-refractivity contribution is 0.848. The molecule has 0 amide bonds. The van der Waals surface area contributed by atoms with Gasteiger partial charge in [0.15, 0.2) is 0 Å². The highest BCUT2D eigenvalue weighted by atomic mass is 35.5. The molecular weight excluding hydrogens is 274 g/mol. The van der Waals surface area contributed by atoms with E-state index in [4.69, 9.17) is 11.6 Å². The number of benzene rings is 1. The summed E-state index contributed by atoms with van der Waals surface area (Å²) in [5, 5.41) is 3.96. The van der Waals surface area contributed by atoms with Gasteiger partial charge in [-0.05, 0) is 37.5 Å². The van der Waals surface area contributed by atoms with E-state index in [1.807, 2.05) is 31.2 Å². The minimum absolute atomic E-state index is 0.0371. The van der Waals surface area contributed by atoms with Gasteiger partial charge in [-0.2, -0.15) is 0 Å². The van der Waals surface area contributed by atoms with Crippen LogP contribution in [0, 0.1) is 0 Å². The van der Waals surface area contributed by atoms with Gasteiger partial charge in [-0.3, -0.25) is 4.79 Å². The van der Waals surface area contributed by atoms with Crippen molar-refractivity contribution >= 4 is 17.4 Å². The molecule has 20 heavy (non-hydrogen) atoms. The summed E-state index contributed by atoms with van der Waals surface area (Å²) < 4.78 is 0. The molecule has 3 rings (SSSR count). The first-order valence-electron chi connectivity index (χ1n) is 6.75. The van der Waals surface area contributed by atoms with E-state index in [9.17, 15) is 4.79 Å². The van der Waals surface area contributed by atoms with Crippen LogP contribution in [0.15, 0.2) is 35.1 Å². The van der Waals surface area contributed by atoms with Crippen molar-refractivity contribution in [2.45, 2.75) is 31.7 Å². The number of halogens is 1. The summed E-state index contributed by atoms with van der Waals surface area (Å²) in [6.45, 7) is 2.02. The van der Waals surface area contributed by atoms with Crippen molar-refractivity contribution in [2.24, 2.45) is 0 Å². The van der Waals surface area contributed by atoms with Crippen molar-refractivity contribution in [1.82, 2.24) is 9.97 Å². The van der Waals surface area contributed by atoms with E-state index < -0.39 is 0 Å². The van der Waals surface area contributed by atoms with E-state index in [2.05, 4.69) is 15.3 Å². The van der Waals surface area contributed by atoms with E-state index in [0.717, 1.165) is 24.2 Å². The third-order valence-corrected chi connectivity index (χ3v) is 3.67. The van der Waals surface area contributed by atoms with Gasteiger partial charge in [0.2, 0.25) is 0 Å². The maximum Gasteiger partial charge on any atom is 0.252 e. The normalized spacial score (nSPS) is 15.9. The third-order valence-electron chi connectivity index (χ3n) is 3.44. The minimum Gasteiger partial charge on any atom is -0.363 e. The fourth-order valence-corrected chi connectivity index (χ4v) is 2.38. The number of H-pyrrole nitrogens is 1. The molecule has 4 nitrogen and oxygen atoms in total. The number of nitrogens with one attached hydrogen (secondary N) is 2. The summed E-state index contributed by atoms with van der Waals surface area (Å²) in [6, 6.07) is 9.19. The molecule has 1 fully saturated rings. The number of hydrogen-bond donors (Lipinski definition) is 2. The number of anilines is 1. The Bertz CT molecular complexity index is 679. The largest absolute Gasteiger partial charge is 0.363 e. The Kier molecular flexibility index (Phi) is 3.49. The molecule has 1 saturated carbocycles. The molecule has 1 aliphatic carbocycles. The summed E-state index contributed by atoms with van der Waals surface area (Å²) in [5.41, 5.74) is 0.954. The second kappa shape index (κ2) is 5.29. The van der Waals surface area contributed by atoms with E-state index in [-0.39, 0.29) is 11.6 Å². The number of rotatable bonds is 4. The van der Waals surface area contributed by atoms with Crippen LogP contribution in [0.1, 0.15) is 43.1 Å². The van der Waals surface area contributed by atoms with Crippen LogP contribution in [0.4, 0.5) is 5.82 Å². The van der Waals surface area contributed by atoms with Gasteiger partial charge in [0.05, 0.1) is 0 Å². The summed E-state index contributed by atoms with van der Waals surface area (Å²) in [6.07, 6.45) is 2.21. The maximum atomic E-state index is 11.7. The Balaban J connectivity index is 1.81. The van der Waals surface area contributed by atoms with Gasteiger partial charge in [-0.15, -0.1) is 0 Å². The lowest BCUT2D eigenvalue weighted by Crippen LogP contribution is -2.15. The first-order valence-corrected chi connectivity index (χ1v) is 7.13. The lowest BCUT2D eigenvalue weighted by Gasteiger charge is -2.15. The molecule has 1 atom stereocenters. The zero-order valence-corrected chi connectivity index (χ0v) is 11.9. The van der Waals surface area contributed by atoms with Gasteiger partial charge in [-0.1, -0.05) is 23.7 Å². The zero-order chi connectivity index (χ0) is 14.1. The first kappa shape index (κ1) is 13.2. The Morgan fingerprint density at radius 2 is 2.20 bits per heavy atom. The molecule has 1 aliphatic rings. The molecule has 1 aromatic heterocycles. The molecule has 104 valence electrons. The number of aromatic nitrogens is 2. The summed E-state index contributed by atoms with van der Waals surface area (Å²) in [4.78, 5) is 18.9. The molecule has 1 unspecified atom stereocenters. The molecule has 2 N–H and O–H groups in total. The van der Waals surface area contributed by atoms with Crippen molar-refractivity contribution < 1.29 is 0 Å². The highest BCUT2D eigenvalue weighted by Crippen LogP contribution is 2.37. The molecule has 0 spiro atoms. The van der Waals surface area contributed by atoms with E-state index >= 15 is 0 Å².